The third-order valence-electron chi connectivity index (χ3n) is 3.42. The second kappa shape index (κ2) is 2.48. The van der Waals surface area contributed by atoms with E-state index in [2.05, 4.69) is 20.8 Å². The van der Waals surface area contributed by atoms with Crippen LogP contribution in [0.1, 0.15) is 47.0 Å². The fraction of sp³-hybridized carbons (Fsp3) is 1.00. The van der Waals surface area contributed by atoms with Crippen LogP contribution in [0, 0.1) is 11.3 Å². The Kier molecular flexibility index (Phi) is 2.04. The number of hydrogen-bond donors (Lipinski definition) is 1. The minimum Gasteiger partial charge on any atom is -0.389 e. The van der Waals surface area contributed by atoms with E-state index < -0.39 is 5.60 Å². The van der Waals surface area contributed by atoms with E-state index in [9.17, 15) is 5.11 Å². The molecule has 1 aliphatic rings. The predicted octanol–water partition coefficient (Wildman–Crippen LogP) is 2.58. The molecule has 11 heavy (non-hydrogen) atoms. The number of hydrogen-bond acceptors (Lipinski definition) is 1. The zero-order valence-electron chi connectivity index (χ0n) is 8.15. The normalized spacial score (nSPS) is 25.9. The zero-order valence-corrected chi connectivity index (χ0v) is 8.15. The lowest BCUT2D eigenvalue weighted by atomic mass is 9.63. The van der Waals surface area contributed by atoms with Crippen molar-refractivity contribution in [2.75, 3.05) is 0 Å². The van der Waals surface area contributed by atoms with Gasteiger partial charge in [0.2, 0.25) is 0 Å². The van der Waals surface area contributed by atoms with Crippen LogP contribution < -0.4 is 0 Å². The lowest BCUT2D eigenvalue weighted by Crippen LogP contribution is -2.49. The molecule has 1 atom stereocenters. The number of rotatable bonds is 1. The van der Waals surface area contributed by atoms with Crippen LogP contribution in [0.3, 0.4) is 0 Å². The fourth-order valence-corrected chi connectivity index (χ4v) is 1.58. The maximum atomic E-state index is 10.2. The summed E-state index contributed by atoms with van der Waals surface area (Å²) in [5.41, 5.74) is -0.441. The zero-order chi connectivity index (χ0) is 8.70. The highest BCUT2D eigenvalue weighted by atomic mass is 16.3. The third-order valence-corrected chi connectivity index (χ3v) is 3.42. The maximum Gasteiger partial charge on any atom is 0.0695 e. The van der Waals surface area contributed by atoms with Gasteiger partial charge >= 0.3 is 0 Å². The van der Waals surface area contributed by atoms with Gasteiger partial charge in [0.25, 0.3) is 0 Å². The Morgan fingerprint density at radius 1 is 1.09 bits per heavy atom. The molecule has 0 saturated heterocycles. The van der Waals surface area contributed by atoms with Crippen molar-refractivity contribution in [3.63, 3.8) is 0 Å². The van der Waals surface area contributed by atoms with E-state index in [-0.39, 0.29) is 5.41 Å². The van der Waals surface area contributed by atoms with Gasteiger partial charge in [-0.3, -0.25) is 0 Å². The molecular weight excluding hydrogens is 136 g/mol. The molecule has 1 rings (SSSR count). The Morgan fingerprint density at radius 3 is 1.64 bits per heavy atom. The molecule has 0 radical (unpaired) electrons. The molecule has 0 aromatic rings. The summed E-state index contributed by atoms with van der Waals surface area (Å²) in [6.07, 6.45) is 3.73. The summed E-state index contributed by atoms with van der Waals surface area (Å²) in [6, 6.07) is 0. The quantitative estimate of drug-likeness (QED) is 0.618. The van der Waals surface area contributed by atoms with Crippen LogP contribution in [0.4, 0.5) is 0 Å². The van der Waals surface area contributed by atoms with Gasteiger partial charge in [0.15, 0.2) is 0 Å². The fourth-order valence-electron chi connectivity index (χ4n) is 1.58. The van der Waals surface area contributed by atoms with Crippen molar-refractivity contribution < 1.29 is 5.11 Å². The Balaban J connectivity index is 2.64. The van der Waals surface area contributed by atoms with Gasteiger partial charge in [0, 0.05) is 0 Å². The summed E-state index contributed by atoms with van der Waals surface area (Å²) in [5.74, 6) is 0.544. The van der Waals surface area contributed by atoms with Crippen molar-refractivity contribution in [2.45, 2.75) is 52.6 Å². The summed E-state index contributed by atoms with van der Waals surface area (Å²) >= 11 is 0. The van der Waals surface area contributed by atoms with Crippen molar-refractivity contribution in [3.8, 4) is 0 Å². The largest absolute Gasteiger partial charge is 0.389 e. The van der Waals surface area contributed by atoms with E-state index in [1.165, 1.54) is 19.3 Å². The van der Waals surface area contributed by atoms with Crippen LogP contribution in [-0.2, 0) is 0 Å². The van der Waals surface area contributed by atoms with E-state index in [4.69, 9.17) is 0 Å². The molecule has 0 aromatic carbocycles. The van der Waals surface area contributed by atoms with Crippen LogP contribution in [-0.4, -0.2) is 10.7 Å². The second-order valence-corrected chi connectivity index (χ2v) is 5.03. The van der Waals surface area contributed by atoms with Crippen molar-refractivity contribution in [3.05, 3.63) is 0 Å². The van der Waals surface area contributed by atoms with Crippen LogP contribution in [0.25, 0.3) is 0 Å². The lowest BCUT2D eigenvalue weighted by molar-refractivity contribution is -0.112. The molecule has 0 amide bonds. The van der Waals surface area contributed by atoms with E-state index >= 15 is 0 Å². The highest BCUT2D eigenvalue weighted by Gasteiger charge is 2.44. The van der Waals surface area contributed by atoms with Gasteiger partial charge in [0.05, 0.1) is 5.60 Å². The second-order valence-electron chi connectivity index (χ2n) is 5.03. The van der Waals surface area contributed by atoms with Crippen LogP contribution in [0.2, 0.25) is 0 Å². The molecule has 66 valence electrons. The van der Waals surface area contributed by atoms with Crippen molar-refractivity contribution in [2.24, 2.45) is 11.3 Å². The molecule has 1 aliphatic carbocycles. The first-order valence-electron chi connectivity index (χ1n) is 4.58. The van der Waals surface area contributed by atoms with Crippen LogP contribution in [0.5, 0.6) is 0 Å². The van der Waals surface area contributed by atoms with E-state index in [0.717, 1.165) is 0 Å². The molecule has 0 aromatic heterocycles. The first kappa shape index (κ1) is 9.05. The van der Waals surface area contributed by atoms with Gasteiger partial charge in [-0.1, -0.05) is 27.2 Å². The molecule has 0 heterocycles. The van der Waals surface area contributed by atoms with Crippen molar-refractivity contribution >= 4 is 0 Å². The van der Waals surface area contributed by atoms with Gasteiger partial charge in [-0.05, 0) is 31.1 Å². The molecule has 0 bridgehead atoms. The highest BCUT2D eigenvalue weighted by molar-refractivity contribution is 4.95. The molecule has 1 saturated carbocycles. The van der Waals surface area contributed by atoms with Crippen LogP contribution in [0.15, 0.2) is 0 Å². The molecule has 1 nitrogen and oxygen atoms in total. The maximum absolute atomic E-state index is 10.2. The van der Waals surface area contributed by atoms with Crippen molar-refractivity contribution in [1.82, 2.24) is 0 Å². The van der Waals surface area contributed by atoms with E-state index in [1.807, 2.05) is 6.92 Å². The molecule has 1 heteroatoms. The monoisotopic (exact) mass is 156 g/mol. The Bertz CT molecular complexity index is 137. The predicted molar refractivity (Wildman–Crippen MR) is 47.4 cm³/mol. The average Bonchev–Trinajstić information content (AvgIpc) is 1.53. The highest BCUT2D eigenvalue weighted by Crippen LogP contribution is 2.45. The lowest BCUT2D eigenvalue weighted by Gasteiger charge is -2.47. The Labute approximate surface area is 69.8 Å². The minimum atomic E-state index is -0.467. The molecule has 1 N–H and O–H groups in total. The Morgan fingerprint density at radius 2 is 1.55 bits per heavy atom. The van der Waals surface area contributed by atoms with Gasteiger partial charge in [-0.25, -0.2) is 0 Å². The summed E-state index contributed by atoms with van der Waals surface area (Å²) in [7, 11) is 0. The summed E-state index contributed by atoms with van der Waals surface area (Å²) < 4.78 is 0. The van der Waals surface area contributed by atoms with Gasteiger partial charge < -0.3 is 5.11 Å². The average molecular weight is 156 g/mol. The summed E-state index contributed by atoms with van der Waals surface area (Å²) in [4.78, 5) is 0. The van der Waals surface area contributed by atoms with Gasteiger partial charge in [-0.2, -0.15) is 0 Å². The molecular formula is C10H20O. The molecule has 0 spiro atoms. The first-order chi connectivity index (χ1) is 4.86. The van der Waals surface area contributed by atoms with Crippen molar-refractivity contribution in [1.29, 1.82) is 0 Å². The molecule has 1 fully saturated rings. The number of aliphatic hydroxyl groups is 1. The topological polar surface area (TPSA) is 20.2 Å². The standard InChI is InChI=1S/C10H20O/c1-9(2,3)10(4,11)8-6-5-7-8/h8,11H,5-7H2,1-4H3. The van der Waals surface area contributed by atoms with E-state index in [1.54, 1.807) is 0 Å². The Hall–Kier alpha value is -0.0400. The molecule has 1 unspecified atom stereocenters. The smallest absolute Gasteiger partial charge is 0.0695 e. The third kappa shape index (κ3) is 1.44. The van der Waals surface area contributed by atoms with Gasteiger partial charge in [-0.15, -0.1) is 0 Å². The SMILES string of the molecule is CC(C)(C)C(C)(O)C1CCC1. The summed E-state index contributed by atoms with van der Waals surface area (Å²) in [5, 5.41) is 10.2. The summed E-state index contributed by atoms with van der Waals surface area (Å²) in [6.45, 7) is 8.33. The van der Waals surface area contributed by atoms with Crippen LogP contribution >= 0.6 is 0 Å². The first-order valence-corrected chi connectivity index (χ1v) is 4.58. The minimum absolute atomic E-state index is 0.0259. The molecule has 0 aliphatic heterocycles. The van der Waals surface area contributed by atoms with Gasteiger partial charge in [0.1, 0.15) is 0 Å². The van der Waals surface area contributed by atoms with E-state index in [0.29, 0.717) is 5.92 Å².